The largest absolute Gasteiger partial charge is 0.497 e. The van der Waals surface area contributed by atoms with E-state index in [1.165, 1.54) is 22.9 Å². The van der Waals surface area contributed by atoms with Gasteiger partial charge in [0, 0.05) is 22.1 Å². The van der Waals surface area contributed by atoms with Crippen LogP contribution in [0.25, 0.3) is 27.6 Å². The number of azo groups is 1. The van der Waals surface area contributed by atoms with E-state index >= 15 is 0 Å². The number of nitrogens with zero attached hydrogens (tertiary/aromatic N) is 4. The summed E-state index contributed by atoms with van der Waals surface area (Å²) >= 11 is 1.34. The molecule has 0 aliphatic carbocycles. The first kappa shape index (κ1) is 23.1. The summed E-state index contributed by atoms with van der Waals surface area (Å²) in [5.74, 6) is 0.726. The lowest BCUT2D eigenvalue weighted by Gasteiger charge is -2.00. The molecule has 8 nitrogen and oxygen atoms in total. The fourth-order valence-electron chi connectivity index (χ4n) is 3.59. The van der Waals surface area contributed by atoms with Crippen LogP contribution in [0.2, 0.25) is 0 Å². The van der Waals surface area contributed by atoms with Crippen molar-refractivity contribution in [2.24, 2.45) is 10.2 Å². The van der Waals surface area contributed by atoms with Crippen molar-refractivity contribution in [3.63, 3.8) is 0 Å². The number of H-pyrrole nitrogens is 1. The van der Waals surface area contributed by atoms with Crippen LogP contribution in [0.5, 0.6) is 5.75 Å². The molecule has 0 radical (unpaired) electrons. The van der Waals surface area contributed by atoms with Crippen LogP contribution in [0, 0.1) is 0 Å². The molecular weight excluding hydrogens is 474 g/mol. The molecule has 178 valence electrons. The zero-order valence-electron chi connectivity index (χ0n) is 19.5. The summed E-state index contributed by atoms with van der Waals surface area (Å²) in [6.07, 6.45) is 0. The maximum Gasteiger partial charge on any atom is 0.301 e. The Labute approximate surface area is 210 Å². The number of benzene rings is 3. The number of hydrogen-bond donors (Lipinski definition) is 1. The third-order valence-corrected chi connectivity index (χ3v) is 6.36. The number of ether oxygens (including phenoxy) is 1. The maximum absolute atomic E-state index is 13.4. The molecule has 0 spiro atoms. The molecule has 0 fully saturated rings. The molecular formula is C27H21N5O3S. The summed E-state index contributed by atoms with van der Waals surface area (Å²) in [5, 5.41) is 14.1. The fraction of sp³-hybridized carbons (Fsp3) is 0.0741. The number of aromatic amines is 1. The van der Waals surface area contributed by atoms with Crippen molar-refractivity contribution in [1.82, 2.24) is 14.8 Å². The van der Waals surface area contributed by atoms with Crippen LogP contribution in [0.4, 0.5) is 11.4 Å². The summed E-state index contributed by atoms with van der Waals surface area (Å²) < 4.78 is 6.60. The number of nitrogens with one attached hydrogen (secondary N) is 1. The molecule has 0 aliphatic heterocycles. The molecule has 9 heteroatoms. The second-order valence-electron chi connectivity index (χ2n) is 7.89. The van der Waals surface area contributed by atoms with Crippen LogP contribution < -0.4 is 10.3 Å². The predicted octanol–water partition coefficient (Wildman–Crippen LogP) is 6.58. The summed E-state index contributed by atoms with van der Waals surface area (Å²) in [5.41, 5.74) is 3.89. The standard InChI is InChI=1S/C27H21N5O3S/c1-17(33)18-8-12-21(13-9-18)29-30-25-24(20-6-4-3-5-7-20)31-32(26(25)34)27-28-23(16-36-27)19-10-14-22(35-2)15-11-19/h3-16,31H,1-2H3. The van der Waals surface area contributed by atoms with E-state index < -0.39 is 0 Å². The molecule has 5 rings (SSSR count). The minimum absolute atomic E-state index is 0.0316. The highest BCUT2D eigenvalue weighted by Gasteiger charge is 2.19. The van der Waals surface area contributed by atoms with Crippen molar-refractivity contribution >= 4 is 28.5 Å². The lowest BCUT2D eigenvalue weighted by molar-refractivity contribution is 0.101. The Morgan fingerprint density at radius 2 is 1.67 bits per heavy atom. The van der Waals surface area contributed by atoms with E-state index in [2.05, 4.69) is 20.3 Å². The van der Waals surface area contributed by atoms with Gasteiger partial charge in [0.25, 0.3) is 0 Å². The van der Waals surface area contributed by atoms with Gasteiger partial charge in [-0.25, -0.2) is 4.98 Å². The van der Waals surface area contributed by atoms with Crippen LogP contribution in [-0.2, 0) is 0 Å². The minimum Gasteiger partial charge on any atom is -0.497 e. The highest BCUT2D eigenvalue weighted by atomic mass is 32.1. The molecule has 0 atom stereocenters. The molecule has 0 unspecified atom stereocenters. The number of Topliss-reactive ketones (excluding diaryl/α,β-unsaturated/α-hetero) is 1. The van der Waals surface area contributed by atoms with Crippen molar-refractivity contribution in [1.29, 1.82) is 0 Å². The van der Waals surface area contributed by atoms with E-state index in [4.69, 9.17) is 4.74 Å². The first-order valence-corrected chi connectivity index (χ1v) is 11.9. The van der Waals surface area contributed by atoms with Gasteiger partial charge in [-0.2, -0.15) is 9.80 Å². The maximum atomic E-state index is 13.4. The summed E-state index contributed by atoms with van der Waals surface area (Å²) in [6.45, 7) is 1.50. The number of methoxy groups -OCH3 is 1. The first-order valence-electron chi connectivity index (χ1n) is 11.1. The van der Waals surface area contributed by atoms with Crippen molar-refractivity contribution in [2.75, 3.05) is 7.11 Å². The highest BCUT2D eigenvalue weighted by Crippen LogP contribution is 2.30. The average molecular weight is 496 g/mol. The molecule has 5 aromatic rings. The lowest BCUT2D eigenvalue weighted by Crippen LogP contribution is -2.13. The normalized spacial score (nSPS) is 11.2. The quantitative estimate of drug-likeness (QED) is 0.203. The van der Waals surface area contributed by atoms with Crippen molar-refractivity contribution in [2.45, 2.75) is 6.92 Å². The van der Waals surface area contributed by atoms with E-state index in [0.717, 1.165) is 22.6 Å². The van der Waals surface area contributed by atoms with Gasteiger partial charge in [-0.05, 0) is 55.5 Å². The first-order chi connectivity index (χ1) is 17.5. The van der Waals surface area contributed by atoms with Crippen molar-refractivity contribution in [3.05, 3.63) is 100 Å². The molecule has 3 aromatic carbocycles. The molecule has 0 saturated carbocycles. The number of rotatable bonds is 7. The van der Waals surface area contributed by atoms with E-state index in [-0.39, 0.29) is 17.0 Å². The third kappa shape index (κ3) is 4.64. The Hall–Kier alpha value is -4.63. The number of thiazole rings is 1. The molecule has 1 N–H and O–H groups in total. The van der Waals surface area contributed by atoms with Gasteiger partial charge in [-0.1, -0.05) is 30.3 Å². The Kier molecular flexibility index (Phi) is 6.38. The molecule has 0 bridgehead atoms. The zero-order valence-corrected chi connectivity index (χ0v) is 20.3. The third-order valence-electron chi connectivity index (χ3n) is 5.54. The Morgan fingerprint density at radius 1 is 0.944 bits per heavy atom. The Bertz CT molecular complexity index is 1600. The molecule has 0 aliphatic rings. The second kappa shape index (κ2) is 9.93. The van der Waals surface area contributed by atoms with E-state index in [0.29, 0.717) is 22.1 Å². The fourth-order valence-corrected chi connectivity index (χ4v) is 4.38. The van der Waals surface area contributed by atoms with Gasteiger partial charge >= 0.3 is 5.56 Å². The van der Waals surface area contributed by atoms with Gasteiger partial charge in [0.15, 0.2) is 11.5 Å². The molecule has 36 heavy (non-hydrogen) atoms. The van der Waals surface area contributed by atoms with E-state index in [9.17, 15) is 9.59 Å². The summed E-state index contributed by atoms with van der Waals surface area (Å²) in [7, 11) is 1.62. The summed E-state index contributed by atoms with van der Waals surface area (Å²) in [6, 6.07) is 23.8. The number of aromatic nitrogens is 3. The molecule has 2 heterocycles. The smallest absolute Gasteiger partial charge is 0.301 e. The molecule has 0 amide bonds. The average Bonchev–Trinajstić information content (AvgIpc) is 3.53. The van der Waals surface area contributed by atoms with E-state index in [1.807, 2.05) is 60.0 Å². The zero-order chi connectivity index (χ0) is 25.1. The van der Waals surface area contributed by atoms with Gasteiger partial charge in [-0.3, -0.25) is 14.7 Å². The number of carbonyl (C=O) groups excluding carboxylic acids is 1. The lowest BCUT2D eigenvalue weighted by atomic mass is 10.1. The monoisotopic (exact) mass is 495 g/mol. The van der Waals surface area contributed by atoms with Gasteiger partial charge in [-0.15, -0.1) is 16.5 Å². The molecule has 0 saturated heterocycles. The van der Waals surface area contributed by atoms with Gasteiger partial charge < -0.3 is 4.74 Å². The predicted molar refractivity (Wildman–Crippen MR) is 140 cm³/mol. The SMILES string of the molecule is COc1ccc(-c2csc(-n3[nH]c(-c4ccccc4)c(N=Nc4ccc(C(C)=O)cc4)c3=O)n2)cc1. The Morgan fingerprint density at radius 3 is 2.33 bits per heavy atom. The number of ketones is 1. The summed E-state index contributed by atoms with van der Waals surface area (Å²) in [4.78, 5) is 29.6. The van der Waals surface area contributed by atoms with Gasteiger partial charge in [0.2, 0.25) is 5.13 Å². The van der Waals surface area contributed by atoms with Gasteiger partial charge in [0.05, 0.1) is 24.2 Å². The minimum atomic E-state index is -0.367. The van der Waals surface area contributed by atoms with Crippen LogP contribution in [0.15, 0.2) is 99.3 Å². The van der Waals surface area contributed by atoms with Crippen LogP contribution in [0.1, 0.15) is 17.3 Å². The highest BCUT2D eigenvalue weighted by molar-refractivity contribution is 7.12. The topological polar surface area (TPSA) is 102 Å². The second-order valence-corrected chi connectivity index (χ2v) is 8.73. The van der Waals surface area contributed by atoms with Crippen LogP contribution in [-0.4, -0.2) is 27.7 Å². The van der Waals surface area contributed by atoms with Crippen molar-refractivity contribution in [3.8, 4) is 33.4 Å². The van der Waals surface area contributed by atoms with E-state index in [1.54, 1.807) is 31.4 Å². The van der Waals surface area contributed by atoms with Crippen molar-refractivity contribution < 1.29 is 9.53 Å². The number of hydrogen-bond acceptors (Lipinski definition) is 7. The van der Waals surface area contributed by atoms with Gasteiger partial charge in [0.1, 0.15) is 5.75 Å². The van der Waals surface area contributed by atoms with Crippen LogP contribution >= 0.6 is 11.3 Å². The van der Waals surface area contributed by atoms with Crippen LogP contribution in [0.3, 0.4) is 0 Å². The Balaban J connectivity index is 1.54. The number of carbonyl (C=O) groups is 1. The molecule has 2 aromatic heterocycles.